The molecule has 3 rings (SSSR count). The third kappa shape index (κ3) is 4.59. The second-order valence-corrected chi connectivity index (χ2v) is 9.51. The number of rotatable bonds is 6. The summed E-state index contributed by atoms with van der Waals surface area (Å²) in [4.78, 5) is 5.60. The highest BCUT2D eigenvalue weighted by Crippen LogP contribution is 2.31. The van der Waals surface area contributed by atoms with E-state index in [2.05, 4.69) is 14.6 Å². The summed E-state index contributed by atoms with van der Waals surface area (Å²) < 4.78 is 48.0. The van der Waals surface area contributed by atoms with E-state index >= 15 is 0 Å². The Morgan fingerprint density at radius 3 is 2.70 bits per heavy atom. The summed E-state index contributed by atoms with van der Waals surface area (Å²) in [5, 5.41) is 1.84. The monoisotopic (exact) mass is 413 g/mol. The number of hydrogen-bond donors (Lipinski definition) is 1. The van der Waals surface area contributed by atoms with E-state index in [4.69, 9.17) is 4.74 Å². The van der Waals surface area contributed by atoms with Crippen LogP contribution in [0.4, 0.5) is 9.52 Å². The van der Waals surface area contributed by atoms with Crippen LogP contribution in [-0.2, 0) is 10.0 Å². The molecule has 0 saturated heterocycles. The van der Waals surface area contributed by atoms with Gasteiger partial charge in [-0.05, 0) is 51.9 Å². The zero-order valence-electron chi connectivity index (χ0n) is 15.6. The van der Waals surface area contributed by atoms with Gasteiger partial charge in [0.05, 0.1) is 0 Å². The minimum Gasteiger partial charge on any atom is -0.488 e. The lowest BCUT2D eigenvalue weighted by Crippen LogP contribution is -2.44. The minimum atomic E-state index is -4.05. The first-order valence-electron chi connectivity index (χ1n) is 8.83. The Kier molecular flexibility index (Phi) is 6.02. The quantitative estimate of drug-likeness (QED) is 0.783. The zero-order chi connectivity index (χ0) is 19.6. The Balaban J connectivity index is 1.84. The maximum Gasteiger partial charge on any atom is 0.266 e. The topological polar surface area (TPSA) is 71.5 Å². The largest absolute Gasteiger partial charge is 0.488 e. The molecule has 1 unspecified atom stereocenters. The number of thiazole rings is 1. The van der Waals surface area contributed by atoms with Crippen molar-refractivity contribution in [1.82, 2.24) is 9.88 Å². The molecule has 9 heteroatoms. The van der Waals surface area contributed by atoms with Gasteiger partial charge in [0, 0.05) is 23.7 Å². The van der Waals surface area contributed by atoms with E-state index in [0.29, 0.717) is 11.3 Å². The van der Waals surface area contributed by atoms with Crippen molar-refractivity contribution in [1.29, 1.82) is 0 Å². The first kappa shape index (κ1) is 20.0. The number of nitrogens with zero attached hydrogens (tertiary/aromatic N) is 2. The summed E-state index contributed by atoms with van der Waals surface area (Å²) >= 11 is 1.13. The second kappa shape index (κ2) is 8.12. The van der Waals surface area contributed by atoms with E-state index in [9.17, 15) is 12.8 Å². The van der Waals surface area contributed by atoms with Gasteiger partial charge in [-0.15, -0.1) is 11.3 Å². The van der Waals surface area contributed by atoms with Crippen molar-refractivity contribution in [3.05, 3.63) is 35.1 Å². The SMILES string of the molecule is Cc1cc(S(=O)(=O)Nc2nccs2)c(F)cc1O[C@H]1CCCCC1N(C)C. The average molecular weight is 414 g/mol. The Hall–Kier alpha value is -1.71. The Labute approximate surface area is 163 Å². The van der Waals surface area contributed by atoms with Gasteiger partial charge in [0.1, 0.15) is 22.6 Å². The lowest BCUT2D eigenvalue weighted by Gasteiger charge is -2.36. The van der Waals surface area contributed by atoms with Crippen molar-refractivity contribution in [3.8, 4) is 5.75 Å². The maximum absolute atomic E-state index is 14.6. The second-order valence-electron chi connectivity index (χ2n) is 6.96. The number of ether oxygens (including phenoxy) is 1. The summed E-state index contributed by atoms with van der Waals surface area (Å²) in [7, 11) is -0.0241. The van der Waals surface area contributed by atoms with E-state index in [1.165, 1.54) is 18.3 Å². The fourth-order valence-corrected chi connectivity index (χ4v) is 5.32. The van der Waals surface area contributed by atoms with Gasteiger partial charge >= 0.3 is 0 Å². The van der Waals surface area contributed by atoms with Gasteiger partial charge in [-0.1, -0.05) is 6.42 Å². The number of benzene rings is 1. The number of sulfonamides is 1. The third-order valence-corrected chi connectivity index (χ3v) is 6.95. The first-order valence-corrected chi connectivity index (χ1v) is 11.2. The number of anilines is 1. The summed E-state index contributed by atoms with van der Waals surface area (Å²) in [6, 6.07) is 2.75. The lowest BCUT2D eigenvalue weighted by molar-refractivity contribution is 0.0614. The number of nitrogens with one attached hydrogen (secondary N) is 1. The summed E-state index contributed by atoms with van der Waals surface area (Å²) in [6.45, 7) is 1.73. The molecule has 6 nitrogen and oxygen atoms in total. The first-order chi connectivity index (χ1) is 12.8. The molecule has 1 saturated carbocycles. The molecular weight excluding hydrogens is 389 g/mol. The number of halogens is 1. The zero-order valence-corrected chi connectivity index (χ0v) is 17.2. The standard InChI is InChI=1S/C18H24FN3O3S2/c1-12-10-17(27(23,24)21-18-20-8-9-26-18)13(19)11-16(12)25-15-7-5-4-6-14(15)22(2)3/h8-11,14-15H,4-7H2,1-3H3,(H,20,21)/t14?,15-/m0/s1. The summed E-state index contributed by atoms with van der Waals surface area (Å²) in [6.07, 6.45) is 5.59. The van der Waals surface area contributed by atoms with E-state index in [1.807, 2.05) is 14.1 Å². The van der Waals surface area contributed by atoms with Gasteiger partial charge in [0.15, 0.2) is 5.13 Å². The van der Waals surface area contributed by atoms with Crippen molar-refractivity contribution in [3.63, 3.8) is 0 Å². The molecule has 1 aliphatic rings. The number of aromatic nitrogens is 1. The molecule has 2 aromatic rings. The normalized spacial score (nSPS) is 20.6. The molecule has 0 aliphatic heterocycles. The van der Waals surface area contributed by atoms with E-state index in [-0.39, 0.29) is 17.3 Å². The molecule has 1 aliphatic carbocycles. The number of hydrogen-bond acceptors (Lipinski definition) is 6. The Bertz CT molecular complexity index is 886. The van der Waals surface area contributed by atoms with Crippen molar-refractivity contribution in [2.24, 2.45) is 0 Å². The fraction of sp³-hybridized carbons (Fsp3) is 0.500. The third-order valence-electron chi connectivity index (χ3n) is 4.78. The lowest BCUT2D eigenvalue weighted by atomic mass is 9.91. The smallest absolute Gasteiger partial charge is 0.266 e. The predicted molar refractivity (Wildman–Crippen MR) is 104 cm³/mol. The molecule has 0 radical (unpaired) electrons. The fourth-order valence-electron chi connectivity index (χ4n) is 3.38. The van der Waals surface area contributed by atoms with Crippen molar-refractivity contribution < 1.29 is 17.5 Å². The van der Waals surface area contributed by atoms with E-state index < -0.39 is 20.7 Å². The predicted octanol–water partition coefficient (Wildman–Crippen LogP) is 3.64. The van der Waals surface area contributed by atoms with Crippen LogP contribution in [0.25, 0.3) is 0 Å². The summed E-state index contributed by atoms with van der Waals surface area (Å²) in [5.41, 5.74) is 0.582. The van der Waals surface area contributed by atoms with Gasteiger partial charge < -0.3 is 9.64 Å². The Morgan fingerprint density at radius 1 is 1.30 bits per heavy atom. The van der Waals surface area contributed by atoms with Crippen LogP contribution in [0.2, 0.25) is 0 Å². The average Bonchev–Trinajstić information content (AvgIpc) is 3.10. The number of aryl methyl sites for hydroxylation is 1. The van der Waals surface area contributed by atoms with Crippen LogP contribution in [0.15, 0.2) is 28.6 Å². The molecule has 1 heterocycles. The van der Waals surface area contributed by atoms with E-state index in [0.717, 1.165) is 37.0 Å². The van der Waals surface area contributed by atoms with Crippen molar-refractivity contribution in [2.75, 3.05) is 18.8 Å². The van der Waals surface area contributed by atoms with Gasteiger partial charge in [-0.2, -0.15) is 0 Å². The van der Waals surface area contributed by atoms with Crippen molar-refractivity contribution >= 4 is 26.5 Å². The molecular formula is C18H24FN3O3S2. The van der Waals surface area contributed by atoms with Crippen LogP contribution in [0.3, 0.4) is 0 Å². The van der Waals surface area contributed by atoms with Crippen LogP contribution in [0.1, 0.15) is 31.2 Å². The molecule has 0 bridgehead atoms. The van der Waals surface area contributed by atoms with Crippen LogP contribution in [-0.4, -0.2) is 44.5 Å². The van der Waals surface area contributed by atoms with Gasteiger partial charge in [-0.3, -0.25) is 4.72 Å². The maximum atomic E-state index is 14.6. The van der Waals surface area contributed by atoms with Crippen molar-refractivity contribution in [2.45, 2.75) is 49.6 Å². The molecule has 1 aromatic carbocycles. The Morgan fingerprint density at radius 2 is 2.04 bits per heavy atom. The number of likely N-dealkylation sites (N-methyl/N-ethyl adjacent to an activating group) is 1. The highest BCUT2D eigenvalue weighted by atomic mass is 32.2. The van der Waals surface area contributed by atoms with Crippen LogP contribution in [0.5, 0.6) is 5.75 Å². The van der Waals surface area contributed by atoms with Crippen LogP contribution >= 0.6 is 11.3 Å². The molecule has 1 fully saturated rings. The molecule has 2 atom stereocenters. The van der Waals surface area contributed by atoms with E-state index in [1.54, 1.807) is 12.3 Å². The molecule has 1 aromatic heterocycles. The highest BCUT2D eigenvalue weighted by Gasteiger charge is 2.30. The molecule has 0 spiro atoms. The summed E-state index contributed by atoms with van der Waals surface area (Å²) in [5.74, 6) is -0.448. The van der Waals surface area contributed by atoms with Crippen LogP contribution < -0.4 is 9.46 Å². The molecule has 1 N–H and O–H groups in total. The van der Waals surface area contributed by atoms with Crippen LogP contribution in [0, 0.1) is 12.7 Å². The van der Waals surface area contributed by atoms with Gasteiger partial charge in [0.25, 0.3) is 10.0 Å². The molecule has 148 valence electrons. The molecule has 0 amide bonds. The molecule has 27 heavy (non-hydrogen) atoms. The highest BCUT2D eigenvalue weighted by molar-refractivity contribution is 7.93. The minimum absolute atomic E-state index is 0.0391. The van der Waals surface area contributed by atoms with Gasteiger partial charge in [0.2, 0.25) is 0 Å². The van der Waals surface area contributed by atoms with Gasteiger partial charge in [-0.25, -0.2) is 17.8 Å².